The van der Waals surface area contributed by atoms with Crippen LogP contribution < -0.4 is 10.6 Å². The van der Waals surface area contributed by atoms with Crippen molar-refractivity contribution in [2.45, 2.75) is 20.0 Å². The predicted octanol–water partition coefficient (Wildman–Crippen LogP) is 3.84. The van der Waals surface area contributed by atoms with E-state index in [1.54, 1.807) is 24.3 Å². The Balaban J connectivity index is 0.00000264. The molecule has 2 aromatic rings. The molecule has 0 radical (unpaired) electrons. The summed E-state index contributed by atoms with van der Waals surface area (Å²) in [5.74, 6) is 0.0306. The zero-order valence-electron chi connectivity index (χ0n) is 12.9. The molecule has 2 aromatic carbocycles. The summed E-state index contributed by atoms with van der Waals surface area (Å²) in [6, 6.07) is 12.9. The summed E-state index contributed by atoms with van der Waals surface area (Å²) in [6.07, 6.45) is 0. The molecule has 124 valence electrons. The van der Waals surface area contributed by atoms with E-state index in [-0.39, 0.29) is 35.6 Å². The Kier molecular flexibility index (Phi) is 8.53. The highest BCUT2D eigenvalue weighted by molar-refractivity contribution is 14.0. The van der Waals surface area contributed by atoms with Crippen molar-refractivity contribution in [3.63, 3.8) is 0 Å². The summed E-state index contributed by atoms with van der Waals surface area (Å²) < 4.78 is 26.7. The van der Waals surface area contributed by atoms with Crippen molar-refractivity contribution in [1.82, 2.24) is 10.6 Å². The molecule has 0 spiro atoms. The molecule has 2 rings (SSSR count). The van der Waals surface area contributed by atoms with Crippen LogP contribution in [0.1, 0.15) is 18.1 Å². The van der Waals surface area contributed by atoms with Gasteiger partial charge in [-0.15, -0.1) is 24.0 Å². The van der Waals surface area contributed by atoms with E-state index in [1.807, 2.05) is 13.0 Å². The van der Waals surface area contributed by atoms with Crippen LogP contribution in [0.4, 0.5) is 8.78 Å². The molecule has 6 heteroatoms. The average molecular weight is 431 g/mol. The molecule has 0 aliphatic rings. The first-order chi connectivity index (χ1) is 10.7. The Morgan fingerprint density at radius 3 is 2.52 bits per heavy atom. The lowest BCUT2D eigenvalue weighted by Gasteiger charge is -2.11. The minimum Gasteiger partial charge on any atom is -0.357 e. The quantitative estimate of drug-likeness (QED) is 0.429. The Morgan fingerprint density at radius 2 is 1.83 bits per heavy atom. The Labute approximate surface area is 152 Å². The monoisotopic (exact) mass is 431 g/mol. The molecule has 0 aromatic heterocycles. The van der Waals surface area contributed by atoms with E-state index in [0.717, 1.165) is 5.56 Å². The average Bonchev–Trinajstić information content (AvgIpc) is 2.51. The summed E-state index contributed by atoms with van der Waals surface area (Å²) >= 11 is 0. The van der Waals surface area contributed by atoms with Crippen LogP contribution in [-0.4, -0.2) is 12.5 Å². The van der Waals surface area contributed by atoms with Crippen LogP contribution in [0.15, 0.2) is 53.5 Å². The first-order valence-electron chi connectivity index (χ1n) is 7.19. The number of nitrogens with zero attached hydrogens (tertiary/aromatic N) is 1. The van der Waals surface area contributed by atoms with Crippen molar-refractivity contribution in [3.8, 4) is 0 Å². The Bertz CT molecular complexity index is 647. The van der Waals surface area contributed by atoms with Gasteiger partial charge in [-0.2, -0.15) is 0 Å². The molecule has 0 unspecified atom stereocenters. The molecule has 0 amide bonds. The fourth-order valence-electron chi connectivity index (χ4n) is 1.97. The highest BCUT2D eigenvalue weighted by Gasteiger charge is 2.02. The van der Waals surface area contributed by atoms with Crippen LogP contribution in [-0.2, 0) is 13.1 Å². The number of halogens is 3. The highest BCUT2D eigenvalue weighted by atomic mass is 127. The van der Waals surface area contributed by atoms with Crippen molar-refractivity contribution >= 4 is 29.9 Å². The summed E-state index contributed by atoms with van der Waals surface area (Å²) in [4.78, 5) is 4.37. The number of hydrogen-bond acceptors (Lipinski definition) is 1. The van der Waals surface area contributed by atoms with E-state index in [4.69, 9.17) is 0 Å². The smallest absolute Gasteiger partial charge is 0.191 e. The zero-order valence-corrected chi connectivity index (χ0v) is 15.2. The van der Waals surface area contributed by atoms with E-state index in [0.29, 0.717) is 31.2 Å². The summed E-state index contributed by atoms with van der Waals surface area (Å²) in [5.41, 5.74) is 1.35. The lowest BCUT2D eigenvalue weighted by Crippen LogP contribution is -2.37. The van der Waals surface area contributed by atoms with Crippen LogP contribution in [0.3, 0.4) is 0 Å². The second-order valence-corrected chi connectivity index (χ2v) is 4.77. The predicted molar refractivity (Wildman–Crippen MR) is 99.9 cm³/mol. The maximum atomic E-state index is 13.6. The zero-order chi connectivity index (χ0) is 15.8. The maximum absolute atomic E-state index is 13.6. The molecule has 0 aliphatic carbocycles. The second-order valence-electron chi connectivity index (χ2n) is 4.77. The first kappa shape index (κ1) is 19.3. The number of rotatable bonds is 5. The van der Waals surface area contributed by atoms with Crippen molar-refractivity contribution in [3.05, 3.63) is 71.3 Å². The van der Waals surface area contributed by atoms with Crippen LogP contribution in [0.5, 0.6) is 0 Å². The molecule has 0 aliphatic heterocycles. The molecule has 3 nitrogen and oxygen atoms in total. The maximum Gasteiger partial charge on any atom is 0.191 e. The fourth-order valence-corrected chi connectivity index (χ4v) is 1.97. The standard InChI is InChI=1S/C17H19F2N3.HI/c1-2-20-17(21-11-13-6-5-8-15(18)10-13)22-12-14-7-3-4-9-16(14)19;/h3-10H,2,11-12H2,1H3,(H2,20,21,22);1H. The van der Waals surface area contributed by atoms with Gasteiger partial charge in [0.05, 0.1) is 6.54 Å². The van der Waals surface area contributed by atoms with Crippen LogP contribution in [0, 0.1) is 11.6 Å². The lowest BCUT2D eigenvalue weighted by molar-refractivity contribution is 0.604. The first-order valence-corrected chi connectivity index (χ1v) is 7.19. The number of hydrogen-bond donors (Lipinski definition) is 2. The highest BCUT2D eigenvalue weighted by Crippen LogP contribution is 2.06. The van der Waals surface area contributed by atoms with E-state index in [9.17, 15) is 8.78 Å². The van der Waals surface area contributed by atoms with Crippen molar-refractivity contribution in [1.29, 1.82) is 0 Å². The summed E-state index contributed by atoms with van der Waals surface area (Å²) in [7, 11) is 0. The largest absolute Gasteiger partial charge is 0.357 e. The second kappa shape index (κ2) is 10.1. The van der Waals surface area contributed by atoms with Gasteiger partial charge >= 0.3 is 0 Å². The van der Waals surface area contributed by atoms with E-state index in [2.05, 4.69) is 15.6 Å². The van der Waals surface area contributed by atoms with Gasteiger partial charge in [-0.1, -0.05) is 30.3 Å². The molecule has 0 saturated carbocycles. The van der Waals surface area contributed by atoms with Gasteiger partial charge in [0.1, 0.15) is 11.6 Å². The topological polar surface area (TPSA) is 36.4 Å². The molecule has 23 heavy (non-hydrogen) atoms. The molecular weight excluding hydrogens is 411 g/mol. The van der Waals surface area contributed by atoms with Crippen molar-refractivity contribution in [2.75, 3.05) is 6.54 Å². The minimum absolute atomic E-state index is 0. The third-order valence-corrected chi connectivity index (χ3v) is 3.06. The molecule has 2 N–H and O–H groups in total. The number of guanidine groups is 1. The van der Waals surface area contributed by atoms with Gasteiger partial charge in [-0.25, -0.2) is 13.8 Å². The third kappa shape index (κ3) is 6.52. The molecule has 0 heterocycles. The molecule has 0 saturated heterocycles. The lowest BCUT2D eigenvalue weighted by atomic mass is 10.2. The number of benzene rings is 2. The van der Waals surface area contributed by atoms with Gasteiger partial charge in [0, 0.05) is 18.7 Å². The SMILES string of the molecule is CCNC(=NCc1cccc(F)c1)NCc1ccccc1F.I. The number of aliphatic imine (C=N–C) groups is 1. The van der Waals surface area contributed by atoms with E-state index >= 15 is 0 Å². The summed E-state index contributed by atoms with van der Waals surface area (Å²) in [5, 5.41) is 6.15. The van der Waals surface area contributed by atoms with E-state index in [1.165, 1.54) is 18.2 Å². The van der Waals surface area contributed by atoms with Crippen LogP contribution in [0.2, 0.25) is 0 Å². The molecule has 0 bridgehead atoms. The van der Waals surface area contributed by atoms with E-state index < -0.39 is 0 Å². The van der Waals surface area contributed by atoms with Gasteiger partial charge in [-0.3, -0.25) is 0 Å². The van der Waals surface area contributed by atoms with Crippen LogP contribution in [0.25, 0.3) is 0 Å². The van der Waals surface area contributed by atoms with Gasteiger partial charge in [-0.05, 0) is 30.7 Å². The normalized spacial score (nSPS) is 10.8. The molecular formula is C17H20F2IN3. The van der Waals surface area contributed by atoms with Crippen molar-refractivity contribution in [2.24, 2.45) is 4.99 Å². The van der Waals surface area contributed by atoms with Crippen molar-refractivity contribution < 1.29 is 8.78 Å². The Hall–Kier alpha value is -1.70. The molecule has 0 atom stereocenters. The fraction of sp³-hybridized carbons (Fsp3) is 0.235. The minimum atomic E-state index is -0.281. The van der Waals surface area contributed by atoms with Gasteiger partial charge < -0.3 is 10.6 Å². The summed E-state index contributed by atoms with van der Waals surface area (Å²) in [6.45, 7) is 3.32. The third-order valence-electron chi connectivity index (χ3n) is 3.06. The van der Waals surface area contributed by atoms with Gasteiger partial charge in [0.25, 0.3) is 0 Å². The number of nitrogens with one attached hydrogen (secondary N) is 2. The molecule has 0 fully saturated rings. The Morgan fingerprint density at radius 1 is 1.04 bits per heavy atom. The van der Waals surface area contributed by atoms with Gasteiger partial charge in [0.2, 0.25) is 0 Å². The van der Waals surface area contributed by atoms with Crippen LogP contribution >= 0.6 is 24.0 Å². The van der Waals surface area contributed by atoms with Gasteiger partial charge in [0.15, 0.2) is 5.96 Å².